The summed E-state index contributed by atoms with van der Waals surface area (Å²) in [7, 11) is 3.42. The topological polar surface area (TPSA) is 24.9 Å². The van der Waals surface area contributed by atoms with Crippen molar-refractivity contribution in [3.05, 3.63) is 58.6 Å². The highest BCUT2D eigenvalue weighted by Gasteiger charge is 2.17. The summed E-state index contributed by atoms with van der Waals surface area (Å²) in [6.07, 6.45) is 4.36. The second-order valence-electron chi connectivity index (χ2n) is 6.25. The number of anilines is 1. The fourth-order valence-corrected chi connectivity index (χ4v) is 3.58. The molecular weight excluding hydrogens is 392 g/mol. The van der Waals surface area contributed by atoms with Gasteiger partial charge in [0.2, 0.25) is 0 Å². The molecule has 0 N–H and O–H groups in total. The van der Waals surface area contributed by atoms with Crippen molar-refractivity contribution in [3.63, 3.8) is 0 Å². The third kappa shape index (κ3) is 4.59. The van der Waals surface area contributed by atoms with Gasteiger partial charge in [0.25, 0.3) is 0 Å². The zero-order valence-corrected chi connectivity index (χ0v) is 16.9. The van der Waals surface area contributed by atoms with Gasteiger partial charge in [-0.25, -0.2) is 0 Å². The van der Waals surface area contributed by atoms with Crippen LogP contribution in [0, 0.1) is 0 Å². The van der Waals surface area contributed by atoms with Gasteiger partial charge in [0, 0.05) is 50.0 Å². The SMILES string of the molecule is COc1cc(N2CCN(C/C=C/c3ccccc3OC)CC2)ccc1Br. The van der Waals surface area contributed by atoms with E-state index < -0.39 is 0 Å². The van der Waals surface area contributed by atoms with Crippen LogP contribution in [0.3, 0.4) is 0 Å². The van der Waals surface area contributed by atoms with Crippen molar-refractivity contribution in [2.45, 2.75) is 0 Å². The van der Waals surface area contributed by atoms with E-state index in [1.165, 1.54) is 5.69 Å². The summed E-state index contributed by atoms with van der Waals surface area (Å²) in [5.41, 5.74) is 2.34. The Hall–Kier alpha value is -1.98. The number of benzene rings is 2. The molecule has 0 aliphatic carbocycles. The van der Waals surface area contributed by atoms with Crippen LogP contribution in [0.25, 0.3) is 6.08 Å². The molecule has 0 atom stereocenters. The molecule has 1 saturated heterocycles. The van der Waals surface area contributed by atoms with E-state index in [4.69, 9.17) is 9.47 Å². The standard InChI is InChI=1S/C21H25BrN2O2/c1-25-20-8-4-3-6-17(20)7-5-11-23-12-14-24(15-13-23)18-9-10-19(22)21(16-18)26-2/h3-10,16H,11-15H2,1-2H3/b7-5+. The Balaban J connectivity index is 1.53. The highest BCUT2D eigenvalue weighted by molar-refractivity contribution is 9.10. The molecule has 138 valence electrons. The van der Waals surface area contributed by atoms with Gasteiger partial charge < -0.3 is 14.4 Å². The molecule has 4 nitrogen and oxygen atoms in total. The van der Waals surface area contributed by atoms with Crippen LogP contribution in [0.1, 0.15) is 5.56 Å². The number of rotatable bonds is 6. The summed E-state index contributed by atoms with van der Waals surface area (Å²) in [5, 5.41) is 0. The van der Waals surface area contributed by atoms with E-state index in [0.29, 0.717) is 0 Å². The van der Waals surface area contributed by atoms with Gasteiger partial charge in [-0.1, -0.05) is 30.4 Å². The lowest BCUT2D eigenvalue weighted by molar-refractivity contribution is 0.284. The Morgan fingerprint density at radius 3 is 2.42 bits per heavy atom. The maximum Gasteiger partial charge on any atom is 0.135 e. The van der Waals surface area contributed by atoms with Gasteiger partial charge in [-0.05, 0) is 34.1 Å². The molecule has 0 radical (unpaired) electrons. The number of methoxy groups -OCH3 is 2. The first-order valence-corrected chi connectivity index (χ1v) is 9.61. The van der Waals surface area contributed by atoms with Gasteiger partial charge in [0.15, 0.2) is 0 Å². The second kappa shape index (κ2) is 9.10. The van der Waals surface area contributed by atoms with Crippen LogP contribution in [0.5, 0.6) is 11.5 Å². The highest BCUT2D eigenvalue weighted by Crippen LogP contribution is 2.30. The number of ether oxygens (including phenoxy) is 2. The van der Waals surface area contributed by atoms with E-state index in [-0.39, 0.29) is 0 Å². The molecule has 1 aliphatic heterocycles. The van der Waals surface area contributed by atoms with Crippen LogP contribution in [-0.4, -0.2) is 51.8 Å². The van der Waals surface area contributed by atoms with Crippen LogP contribution >= 0.6 is 15.9 Å². The minimum atomic E-state index is 0.879. The molecule has 26 heavy (non-hydrogen) atoms. The Morgan fingerprint density at radius 2 is 1.69 bits per heavy atom. The molecule has 1 heterocycles. The van der Waals surface area contributed by atoms with Crippen molar-refractivity contribution in [2.75, 3.05) is 51.8 Å². The van der Waals surface area contributed by atoms with E-state index in [9.17, 15) is 0 Å². The molecule has 0 amide bonds. The molecule has 1 fully saturated rings. The highest BCUT2D eigenvalue weighted by atomic mass is 79.9. The minimum Gasteiger partial charge on any atom is -0.496 e. The van der Waals surface area contributed by atoms with Crippen molar-refractivity contribution >= 4 is 27.7 Å². The summed E-state index contributed by atoms with van der Waals surface area (Å²) in [5.74, 6) is 1.79. The average molecular weight is 417 g/mol. The monoisotopic (exact) mass is 416 g/mol. The van der Waals surface area contributed by atoms with Gasteiger partial charge >= 0.3 is 0 Å². The minimum absolute atomic E-state index is 0.879. The number of hydrogen-bond acceptors (Lipinski definition) is 4. The normalized spacial score (nSPS) is 15.4. The van der Waals surface area contributed by atoms with Crippen molar-refractivity contribution in [3.8, 4) is 11.5 Å². The molecule has 0 bridgehead atoms. The van der Waals surface area contributed by atoms with Gasteiger partial charge in [-0.2, -0.15) is 0 Å². The summed E-state index contributed by atoms with van der Waals surface area (Å²) in [6.45, 7) is 5.10. The Kier molecular flexibility index (Phi) is 6.58. The van der Waals surface area contributed by atoms with Gasteiger partial charge in [-0.3, -0.25) is 4.90 Å². The van der Waals surface area contributed by atoms with Gasteiger partial charge in [0.1, 0.15) is 11.5 Å². The quantitative estimate of drug-likeness (QED) is 0.700. The zero-order chi connectivity index (χ0) is 18.4. The smallest absolute Gasteiger partial charge is 0.135 e. The van der Waals surface area contributed by atoms with Crippen LogP contribution in [0.15, 0.2) is 53.0 Å². The first-order chi connectivity index (χ1) is 12.7. The van der Waals surface area contributed by atoms with E-state index in [1.54, 1.807) is 14.2 Å². The second-order valence-corrected chi connectivity index (χ2v) is 7.11. The van der Waals surface area contributed by atoms with Crippen LogP contribution < -0.4 is 14.4 Å². The molecule has 2 aromatic rings. The Bertz CT molecular complexity index is 755. The summed E-state index contributed by atoms with van der Waals surface area (Å²) in [4.78, 5) is 4.88. The first kappa shape index (κ1) is 18.8. The van der Waals surface area contributed by atoms with Gasteiger partial charge in [0.05, 0.1) is 18.7 Å². The summed E-state index contributed by atoms with van der Waals surface area (Å²) < 4.78 is 11.8. The van der Waals surface area contributed by atoms with Crippen LogP contribution in [0.2, 0.25) is 0 Å². The van der Waals surface area contributed by atoms with E-state index >= 15 is 0 Å². The molecule has 0 spiro atoms. The van der Waals surface area contributed by atoms with Crippen molar-refractivity contribution < 1.29 is 9.47 Å². The number of nitrogens with zero attached hydrogens (tertiary/aromatic N) is 2. The van der Waals surface area contributed by atoms with Crippen molar-refractivity contribution in [1.82, 2.24) is 4.90 Å². The fourth-order valence-electron chi connectivity index (χ4n) is 3.17. The third-order valence-corrected chi connectivity index (χ3v) is 5.33. The molecule has 0 aromatic heterocycles. The molecule has 0 saturated carbocycles. The average Bonchev–Trinajstić information content (AvgIpc) is 2.69. The zero-order valence-electron chi connectivity index (χ0n) is 15.3. The lowest BCUT2D eigenvalue weighted by Gasteiger charge is -2.35. The maximum atomic E-state index is 5.41. The first-order valence-electron chi connectivity index (χ1n) is 8.81. The number of piperazine rings is 1. The molecular formula is C21H25BrN2O2. The Labute approximate surface area is 164 Å². The predicted molar refractivity (Wildman–Crippen MR) is 111 cm³/mol. The molecule has 1 aliphatic rings. The van der Waals surface area contributed by atoms with Crippen molar-refractivity contribution in [2.24, 2.45) is 0 Å². The van der Waals surface area contributed by atoms with Crippen LogP contribution in [0.4, 0.5) is 5.69 Å². The molecule has 2 aromatic carbocycles. The molecule has 0 unspecified atom stereocenters. The maximum absolute atomic E-state index is 5.41. The van der Waals surface area contributed by atoms with Gasteiger partial charge in [-0.15, -0.1) is 0 Å². The van der Waals surface area contributed by atoms with E-state index in [0.717, 1.165) is 54.3 Å². The molecule has 3 rings (SSSR count). The fraction of sp³-hybridized carbons (Fsp3) is 0.333. The third-order valence-electron chi connectivity index (χ3n) is 4.67. The lowest BCUT2D eigenvalue weighted by atomic mass is 10.2. The van der Waals surface area contributed by atoms with E-state index in [2.05, 4.69) is 62.1 Å². The molecule has 5 heteroatoms. The summed E-state index contributed by atoms with van der Waals surface area (Å²) >= 11 is 3.51. The lowest BCUT2D eigenvalue weighted by Crippen LogP contribution is -2.46. The number of halogens is 1. The number of hydrogen-bond donors (Lipinski definition) is 0. The predicted octanol–water partition coefficient (Wildman–Crippen LogP) is 4.30. The Morgan fingerprint density at radius 1 is 0.962 bits per heavy atom. The largest absolute Gasteiger partial charge is 0.496 e. The summed E-state index contributed by atoms with van der Waals surface area (Å²) in [6, 6.07) is 14.4. The van der Waals surface area contributed by atoms with E-state index in [1.807, 2.05) is 18.2 Å². The number of para-hydroxylation sites is 1. The van der Waals surface area contributed by atoms with Crippen LogP contribution in [-0.2, 0) is 0 Å². The van der Waals surface area contributed by atoms with Crippen molar-refractivity contribution in [1.29, 1.82) is 0 Å².